The van der Waals surface area contributed by atoms with Crippen LogP contribution in [0.3, 0.4) is 0 Å². The molecule has 0 amide bonds. The monoisotopic (exact) mass is 315 g/mol. The standard InChI is InChI=1S/C13H21N3O4S/c1-4-8-15(9-5-2)21(19,20)13-7-6-11(14-3)10-12(13)16(17)18/h6-7,10,14H,4-5,8-9H2,1-3H3. The minimum Gasteiger partial charge on any atom is -0.388 e. The number of hydrogen-bond donors (Lipinski definition) is 1. The minimum atomic E-state index is -3.86. The molecule has 21 heavy (non-hydrogen) atoms. The van der Waals surface area contributed by atoms with E-state index in [-0.39, 0.29) is 4.90 Å². The molecule has 0 radical (unpaired) electrons. The quantitative estimate of drug-likeness (QED) is 0.587. The molecule has 0 aromatic heterocycles. The lowest BCUT2D eigenvalue weighted by Crippen LogP contribution is -2.33. The first kappa shape index (κ1) is 17.4. The van der Waals surface area contributed by atoms with Crippen LogP contribution in [0.4, 0.5) is 11.4 Å². The largest absolute Gasteiger partial charge is 0.388 e. The Labute approximate surface area is 125 Å². The maximum Gasteiger partial charge on any atom is 0.291 e. The first-order chi connectivity index (χ1) is 9.88. The lowest BCUT2D eigenvalue weighted by atomic mass is 10.3. The van der Waals surface area contributed by atoms with Crippen LogP contribution >= 0.6 is 0 Å². The van der Waals surface area contributed by atoms with Crippen LogP contribution in [0.5, 0.6) is 0 Å². The minimum absolute atomic E-state index is 0.256. The lowest BCUT2D eigenvalue weighted by molar-refractivity contribution is -0.387. The van der Waals surface area contributed by atoms with Crippen molar-refractivity contribution in [2.75, 3.05) is 25.5 Å². The maximum atomic E-state index is 12.6. The predicted molar refractivity (Wildman–Crippen MR) is 82.0 cm³/mol. The number of nitrogens with one attached hydrogen (secondary N) is 1. The Morgan fingerprint density at radius 1 is 1.24 bits per heavy atom. The van der Waals surface area contributed by atoms with Crippen molar-refractivity contribution in [1.82, 2.24) is 4.31 Å². The number of anilines is 1. The van der Waals surface area contributed by atoms with E-state index in [1.807, 2.05) is 13.8 Å². The number of sulfonamides is 1. The van der Waals surface area contributed by atoms with Crippen LogP contribution in [0.15, 0.2) is 23.1 Å². The Hall–Kier alpha value is -1.67. The van der Waals surface area contributed by atoms with Crippen molar-refractivity contribution in [3.63, 3.8) is 0 Å². The van der Waals surface area contributed by atoms with Gasteiger partial charge in [-0.1, -0.05) is 13.8 Å². The molecule has 1 N–H and O–H groups in total. The molecule has 1 aromatic carbocycles. The van der Waals surface area contributed by atoms with E-state index in [1.165, 1.54) is 22.5 Å². The lowest BCUT2D eigenvalue weighted by Gasteiger charge is -2.21. The highest BCUT2D eigenvalue weighted by Gasteiger charge is 2.31. The zero-order valence-corrected chi connectivity index (χ0v) is 13.3. The zero-order chi connectivity index (χ0) is 16.0. The summed E-state index contributed by atoms with van der Waals surface area (Å²) in [6.45, 7) is 4.44. The summed E-state index contributed by atoms with van der Waals surface area (Å²) in [7, 11) is -2.24. The molecular weight excluding hydrogens is 294 g/mol. The molecule has 8 heteroatoms. The molecule has 7 nitrogen and oxygen atoms in total. The molecule has 0 atom stereocenters. The average Bonchev–Trinajstić information content (AvgIpc) is 2.46. The van der Waals surface area contributed by atoms with Crippen LogP contribution in [0, 0.1) is 10.1 Å². The second-order valence-electron chi connectivity index (χ2n) is 4.59. The van der Waals surface area contributed by atoms with Crippen LogP contribution in [-0.4, -0.2) is 37.8 Å². The average molecular weight is 315 g/mol. The molecule has 0 heterocycles. The van der Waals surface area contributed by atoms with E-state index in [1.54, 1.807) is 7.05 Å². The molecule has 0 aliphatic carbocycles. The van der Waals surface area contributed by atoms with Crippen LogP contribution in [0.2, 0.25) is 0 Å². The third-order valence-electron chi connectivity index (χ3n) is 3.01. The van der Waals surface area contributed by atoms with Gasteiger partial charge in [-0.2, -0.15) is 4.31 Å². The van der Waals surface area contributed by atoms with Gasteiger partial charge in [0.25, 0.3) is 5.69 Å². The molecule has 0 saturated carbocycles. The normalized spacial score (nSPS) is 11.6. The van der Waals surface area contributed by atoms with Crippen molar-refractivity contribution >= 4 is 21.4 Å². The van der Waals surface area contributed by atoms with Gasteiger partial charge in [-0.25, -0.2) is 8.42 Å². The number of hydrogen-bond acceptors (Lipinski definition) is 5. The van der Waals surface area contributed by atoms with Gasteiger partial charge in [-0.3, -0.25) is 10.1 Å². The summed E-state index contributed by atoms with van der Waals surface area (Å²) in [6, 6.07) is 4.05. The summed E-state index contributed by atoms with van der Waals surface area (Å²) in [5.74, 6) is 0. The summed E-state index contributed by atoms with van der Waals surface area (Å²) in [4.78, 5) is 10.3. The van der Waals surface area contributed by atoms with Gasteiger partial charge in [0, 0.05) is 31.9 Å². The summed E-state index contributed by atoms with van der Waals surface area (Å²) in [6.07, 6.45) is 1.31. The molecule has 0 fully saturated rings. The van der Waals surface area contributed by atoms with Crippen molar-refractivity contribution in [1.29, 1.82) is 0 Å². The second-order valence-corrected chi connectivity index (χ2v) is 6.50. The van der Waals surface area contributed by atoms with Gasteiger partial charge in [0.1, 0.15) is 0 Å². The first-order valence-corrected chi connectivity index (χ1v) is 8.28. The van der Waals surface area contributed by atoms with Crippen LogP contribution < -0.4 is 5.32 Å². The molecule has 1 rings (SSSR count). The predicted octanol–water partition coefficient (Wildman–Crippen LogP) is 2.45. The van der Waals surface area contributed by atoms with Gasteiger partial charge in [0.15, 0.2) is 4.90 Å². The third-order valence-corrected chi connectivity index (χ3v) is 4.95. The maximum absolute atomic E-state index is 12.6. The fraction of sp³-hybridized carbons (Fsp3) is 0.538. The molecular formula is C13H21N3O4S. The van der Waals surface area contributed by atoms with E-state index >= 15 is 0 Å². The van der Waals surface area contributed by atoms with E-state index in [2.05, 4.69) is 5.32 Å². The highest BCUT2D eigenvalue weighted by Crippen LogP contribution is 2.29. The van der Waals surface area contributed by atoms with E-state index in [0.717, 1.165) is 0 Å². The smallest absolute Gasteiger partial charge is 0.291 e. The molecule has 0 spiro atoms. The SMILES string of the molecule is CCCN(CCC)S(=O)(=O)c1ccc(NC)cc1[N+](=O)[O-]. The van der Waals surface area contributed by atoms with Crippen molar-refractivity contribution in [2.24, 2.45) is 0 Å². The van der Waals surface area contributed by atoms with E-state index in [4.69, 9.17) is 0 Å². The van der Waals surface area contributed by atoms with E-state index in [9.17, 15) is 18.5 Å². The number of nitrogens with zero attached hydrogens (tertiary/aromatic N) is 2. The molecule has 1 aromatic rings. The number of nitro groups is 1. The third kappa shape index (κ3) is 3.92. The molecule has 0 aliphatic rings. The molecule has 0 saturated heterocycles. The van der Waals surface area contributed by atoms with E-state index < -0.39 is 20.6 Å². The van der Waals surface area contributed by atoms with Crippen molar-refractivity contribution < 1.29 is 13.3 Å². The van der Waals surface area contributed by atoms with Gasteiger partial charge in [0.2, 0.25) is 10.0 Å². The highest BCUT2D eigenvalue weighted by atomic mass is 32.2. The Bertz CT molecular complexity index is 595. The fourth-order valence-electron chi connectivity index (χ4n) is 2.02. The Kier molecular flexibility index (Phi) is 6.10. The Morgan fingerprint density at radius 2 is 1.81 bits per heavy atom. The topological polar surface area (TPSA) is 92.6 Å². The van der Waals surface area contributed by atoms with Gasteiger partial charge < -0.3 is 5.32 Å². The molecule has 118 valence electrons. The van der Waals surface area contributed by atoms with Crippen LogP contribution in [-0.2, 0) is 10.0 Å². The molecule has 0 unspecified atom stereocenters. The molecule has 0 aliphatic heterocycles. The summed E-state index contributed by atoms with van der Waals surface area (Å²) >= 11 is 0. The Morgan fingerprint density at radius 3 is 2.24 bits per heavy atom. The summed E-state index contributed by atoms with van der Waals surface area (Å²) in [5, 5.41) is 13.9. The van der Waals surface area contributed by atoms with Gasteiger partial charge in [-0.15, -0.1) is 0 Å². The molecule has 0 bridgehead atoms. The van der Waals surface area contributed by atoms with Gasteiger partial charge in [-0.05, 0) is 25.0 Å². The zero-order valence-electron chi connectivity index (χ0n) is 12.5. The van der Waals surface area contributed by atoms with Gasteiger partial charge in [0.05, 0.1) is 4.92 Å². The van der Waals surface area contributed by atoms with Gasteiger partial charge >= 0.3 is 0 Å². The first-order valence-electron chi connectivity index (χ1n) is 6.84. The van der Waals surface area contributed by atoms with E-state index in [0.29, 0.717) is 31.6 Å². The highest BCUT2D eigenvalue weighted by molar-refractivity contribution is 7.89. The fourth-order valence-corrected chi connectivity index (χ4v) is 3.79. The number of rotatable bonds is 8. The summed E-state index contributed by atoms with van der Waals surface area (Å²) in [5.41, 5.74) is 0.0947. The number of nitro benzene ring substituents is 1. The second kappa shape index (κ2) is 7.37. The number of benzene rings is 1. The summed E-state index contributed by atoms with van der Waals surface area (Å²) < 4.78 is 26.6. The Balaban J connectivity index is 3.38. The van der Waals surface area contributed by atoms with Crippen LogP contribution in [0.25, 0.3) is 0 Å². The van der Waals surface area contributed by atoms with Crippen molar-refractivity contribution in [3.05, 3.63) is 28.3 Å². The van der Waals surface area contributed by atoms with Crippen molar-refractivity contribution in [3.8, 4) is 0 Å². The van der Waals surface area contributed by atoms with Crippen molar-refractivity contribution in [2.45, 2.75) is 31.6 Å². The van der Waals surface area contributed by atoms with Crippen LogP contribution in [0.1, 0.15) is 26.7 Å².